The smallest absolute Gasteiger partial charge is 0.137 e. The van der Waals surface area contributed by atoms with Crippen LogP contribution in [-0.2, 0) is 12.8 Å². The minimum absolute atomic E-state index is 0.309. The van der Waals surface area contributed by atoms with E-state index in [0.29, 0.717) is 17.3 Å². The highest BCUT2D eigenvalue weighted by Gasteiger charge is 2.12. The SMILES string of the molecule is COc1cccc(CC(O)Cc2cccc(F)c2Br)c1. The van der Waals surface area contributed by atoms with Gasteiger partial charge in [0.1, 0.15) is 11.6 Å². The first-order valence-electron chi connectivity index (χ1n) is 6.34. The largest absolute Gasteiger partial charge is 0.497 e. The quantitative estimate of drug-likeness (QED) is 0.899. The molecule has 0 amide bonds. The van der Waals surface area contributed by atoms with Crippen LogP contribution in [0.3, 0.4) is 0 Å². The monoisotopic (exact) mass is 338 g/mol. The molecule has 0 aromatic heterocycles. The number of ether oxygens (including phenoxy) is 1. The molecule has 20 heavy (non-hydrogen) atoms. The molecule has 1 N–H and O–H groups in total. The van der Waals surface area contributed by atoms with E-state index in [1.54, 1.807) is 13.2 Å². The van der Waals surface area contributed by atoms with Crippen LogP contribution in [0.25, 0.3) is 0 Å². The molecule has 2 aromatic rings. The molecule has 0 saturated heterocycles. The maximum atomic E-state index is 13.4. The minimum Gasteiger partial charge on any atom is -0.497 e. The number of hydrogen-bond donors (Lipinski definition) is 1. The number of hydrogen-bond acceptors (Lipinski definition) is 2. The second-order valence-corrected chi connectivity index (χ2v) is 5.42. The molecular formula is C16H16BrFO2. The van der Waals surface area contributed by atoms with E-state index < -0.39 is 6.10 Å². The molecule has 0 bridgehead atoms. The summed E-state index contributed by atoms with van der Waals surface area (Å²) in [5.74, 6) is 0.456. The molecule has 106 valence electrons. The molecular weight excluding hydrogens is 323 g/mol. The molecule has 2 nitrogen and oxygen atoms in total. The topological polar surface area (TPSA) is 29.5 Å². The van der Waals surface area contributed by atoms with Gasteiger partial charge in [0, 0.05) is 0 Å². The van der Waals surface area contributed by atoms with Crippen LogP contribution in [0.1, 0.15) is 11.1 Å². The fourth-order valence-corrected chi connectivity index (χ4v) is 2.53. The number of aliphatic hydroxyl groups is 1. The van der Waals surface area contributed by atoms with Crippen LogP contribution in [0.4, 0.5) is 4.39 Å². The molecule has 0 aliphatic carbocycles. The van der Waals surface area contributed by atoms with E-state index in [-0.39, 0.29) is 5.82 Å². The Bertz CT molecular complexity index is 586. The highest BCUT2D eigenvalue weighted by atomic mass is 79.9. The second kappa shape index (κ2) is 6.86. The van der Waals surface area contributed by atoms with Crippen molar-refractivity contribution in [3.8, 4) is 5.75 Å². The number of aliphatic hydroxyl groups excluding tert-OH is 1. The van der Waals surface area contributed by atoms with Crippen molar-refractivity contribution < 1.29 is 14.2 Å². The predicted octanol–water partition coefficient (Wildman–Crippen LogP) is 3.74. The van der Waals surface area contributed by atoms with Gasteiger partial charge in [0.2, 0.25) is 0 Å². The van der Waals surface area contributed by atoms with Gasteiger partial charge in [-0.1, -0.05) is 24.3 Å². The Balaban J connectivity index is 2.05. The first-order valence-corrected chi connectivity index (χ1v) is 7.13. The fraction of sp³-hybridized carbons (Fsp3) is 0.250. The zero-order chi connectivity index (χ0) is 14.5. The van der Waals surface area contributed by atoms with Crippen molar-refractivity contribution in [3.05, 3.63) is 63.9 Å². The van der Waals surface area contributed by atoms with Gasteiger partial charge in [-0.15, -0.1) is 0 Å². The van der Waals surface area contributed by atoms with Gasteiger partial charge in [-0.05, 0) is 58.1 Å². The molecule has 0 aliphatic rings. The number of halogens is 2. The molecule has 0 saturated carbocycles. The van der Waals surface area contributed by atoms with Crippen LogP contribution >= 0.6 is 15.9 Å². The summed E-state index contributed by atoms with van der Waals surface area (Å²) < 4.78 is 19.0. The molecule has 2 rings (SSSR count). The van der Waals surface area contributed by atoms with Gasteiger partial charge in [-0.25, -0.2) is 4.39 Å². The highest BCUT2D eigenvalue weighted by Crippen LogP contribution is 2.23. The number of rotatable bonds is 5. The average Bonchev–Trinajstić information content (AvgIpc) is 2.44. The van der Waals surface area contributed by atoms with Crippen molar-refractivity contribution in [2.75, 3.05) is 7.11 Å². The van der Waals surface area contributed by atoms with E-state index >= 15 is 0 Å². The summed E-state index contributed by atoms with van der Waals surface area (Å²) in [6.45, 7) is 0. The van der Waals surface area contributed by atoms with Gasteiger partial charge < -0.3 is 9.84 Å². The van der Waals surface area contributed by atoms with Crippen LogP contribution in [0.5, 0.6) is 5.75 Å². The van der Waals surface area contributed by atoms with Crippen LogP contribution in [0, 0.1) is 5.82 Å². The summed E-state index contributed by atoms with van der Waals surface area (Å²) in [6, 6.07) is 12.4. The molecule has 4 heteroatoms. The Kier molecular flexibility index (Phi) is 5.15. The van der Waals surface area contributed by atoms with Crippen molar-refractivity contribution >= 4 is 15.9 Å². The van der Waals surface area contributed by atoms with Gasteiger partial charge >= 0.3 is 0 Å². The highest BCUT2D eigenvalue weighted by molar-refractivity contribution is 9.10. The lowest BCUT2D eigenvalue weighted by molar-refractivity contribution is 0.175. The third-order valence-electron chi connectivity index (χ3n) is 3.09. The standard InChI is InChI=1S/C16H16BrFO2/c1-20-14-6-2-4-11(9-14)8-13(19)10-12-5-3-7-15(18)16(12)17/h2-7,9,13,19H,8,10H2,1H3. The van der Waals surface area contributed by atoms with E-state index in [2.05, 4.69) is 15.9 Å². The number of benzene rings is 2. The van der Waals surface area contributed by atoms with Crippen LogP contribution < -0.4 is 4.74 Å². The zero-order valence-corrected chi connectivity index (χ0v) is 12.7. The summed E-state index contributed by atoms with van der Waals surface area (Å²) in [6.07, 6.45) is 0.329. The molecule has 2 aromatic carbocycles. The molecule has 0 heterocycles. The number of methoxy groups -OCH3 is 1. The van der Waals surface area contributed by atoms with Gasteiger partial charge in [0.05, 0.1) is 17.7 Å². The lowest BCUT2D eigenvalue weighted by Crippen LogP contribution is -2.14. The van der Waals surface area contributed by atoms with Crippen molar-refractivity contribution in [2.45, 2.75) is 18.9 Å². The molecule has 1 atom stereocenters. The lowest BCUT2D eigenvalue weighted by atomic mass is 10.0. The maximum absolute atomic E-state index is 13.4. The zero-order valence-electron chi connectivity index (χ0n) is 11.1. The second-order valence-electron chi connectivity index (χ2n) is 4.63. The van der Waals surface area contributed by atoms with Crippen molar-refractivity contribution in [1.82, 2.24) is 0 Å². The maximum Gasteiger partial charge on any atom is 0.137 e. The van der Waals surface area contributed by atoms with Crippen LogP contribution in [-0.4, -0.2) is 18.3 Å². The molecule has 0 aliphatic heterocycles. The van der Waals surface area contributed by atoms with Crippen LogP contribution in [0.15, 0.2) is 46.9 Å². The molecule has 1 unspecified atom stereocenters. The van der Waals surface area contributed by atoms with Gasteiger partial charge in [-0.3, -0.25) is 0 Å². The minimum atomic E-state index is -0.569. The summed E-state index contributed by atoms with van der Waals surface area (Å²) in [5, 5.41) is 10.2. The van der Waals surface area contributed by atoms with E-state index in [9.17, 15) is 9.50 Å². The Morgan fingerprint density at radius 1 is 1.20 bits per heavy atom. The van der Waals surface area contributed by atoms with Crippen molar-refractivity contribution in [3.63, 3.8) is 0 Å². The average molecular weight is 339 g/mol. The first kappa shape index (κ1) is 15.0. The predicted molar refractivity (Wildman–Crippen MR) is 80.5 cm³/mol. The first-order chi connectivity index (χ1) is 9.60. The fourth-order valence-electron chi connectivity index (χ4n) is 2.10. The van der Waals surface area contributed by atoms with E-state index in [0.717, 1.165) is 16.9 Å². The summed E-state index contributed by atoms with van der Waals surface area (Å²) >= 11 is 3.21. The molecule has 0 fully saturated rings. The third-order valence-corrected chi connectivity index (χ3v) is 3.98. The lowest BCUT2D eigenvalue weighted by Gasteiger charge is -2.13. The van der Waals surface area contributed by atoms with Gasteiger partial charge in [-0.2, -0.15) is 0 Å². The Labute approximate surface area is 126 Å². The van der Waals surface area contributed by atoms with Gasteiger partial charge in [0.15, 0.2) is 0 Å². The summed E-state index contributed by atoms with van der Waals surface area (Å²) in [7, 11) is 1.61. The Hall–Kier alpha value is -1.39. The molecule has 0 spiro atoms. The van der Waals surface area contributed by atoms with Crippen molar-refractivity contribution in [1.29, 1.82) is 0 Å². The summed E-state index contributed by atoms with van der Waals surface area (Å²) in [5.41, 5.74) is 1.75. The third kappa shape index (κ3) is 3.81. The summed E-state index contributed by atoms with van der Waals surface area (Å²) in [4.78, 5) is 0. The Morgan fingerprint density at radius 3 is 2.70 bits per heavy atom. The molecule has 0 radical (unpaired) electrons. The van der Waals surface area contributed by atoms with E-state index in [1.807, 2.05) is 30.3 Å². The van der Waals surface area contributed by atoms with Gasteiger partial charge in [0.25, 0.3) is 0 Å². The normalized spacial score (nSPS) is 12.2. The van der Waals surface area contributed by atoms with Crippen molar-refractivity contribution in [2.24, 2.45) is 0 Å². The van der Waals surface area contributed by atoms with E-state index in [4.69, 9.17) is 4.74 Å². The van der Waals surface area contributed by atoms with Crippen LogP contribution in [0.2, 0.25) is 0 Å². The Morgan fingerprint density at radius 2 is 1.95 bits per heavy atom. The van der Waals surface area contributed by atoms with E-state index in [1.165, 1.54) is 6.07 Å².